The summed E-state index contributed by atoms with van der Waals surface area (Å²) < 4.78 is 33.5. The van der Waals surface area contributed by atoms with Gasteiger partial charge in [0, 0.05) is 6.26 Å². The van der Waals surface area contributed by atoms with Crippen LogP contribution in [-0.4, -0.2) is 40.1 Å². The molecule has 0 atom stereocenters. The largest absolute Gasteiger partial charge is 0.494 e. The summed E-state index contributed by atoms with van der Waals surface area (Å²) in [5.74, 6) is 0.452. The second-order valence-electron chi connectivity index (χ2n) is 8.61. The van der Waals surface area contributed by atoms with E-state index in [1.807, 2.05) is 62.4 Å². The quantitative estimate of drug-likeness (QED) is 0.289. The molecule has 34 heavy (non-hydrogen) atoms. The van der Waals surface area contributed by atoms with Gasteiger partial charge in [0.15, 0.2) is 0 Å². The molecule has 0 fully saturated rings. The summed E-state index contributed by atoms with van der Waals surface area (Å²) >= 11 is 0. The van der Waals surface area contributed by atoms with Crippen molar-refractivity contribution < 1.29 is 22.7 Å². The van der Waals surface area contributed by atoms with E-state index in [1.54, 1.807) is 0 Å². The lowest BCUT2D eigenvalue weighted by atomic mass is 9.88. The topological polar surface area (TPSA) is 69.7 Å². The second-order valence-corrected chi connectivity index (χ2v) is 10.9. The molecule has 0 bridgehead atoms. The molecule has 0 amide bonds. The van der Waals surface area contributed by atoms with Gasteiger partial charge in [-0.15, -0.1) is 0 Å². The zero-order valence-electron chi connectivity index (χ0n) is 20.3. The third-order valence-electron chi connectivity index (χ3n) is 5.76. The fraction of sp³-hybridized carbons (Fsp3) is 0.321. The maximum absolute atomic E-state index is 12.2. The Morgan fingerprint density at radius 3 is 2.21 bits per heavy atom. The maximum Gasteiger partial charge on any atom is 0.337 e. The smallest absolute Gasteiger partial charge is 0.337 e. The van der Waals surface area contributed by atoms with Gasteiger partial charge in [0.2, 0.25) is 0 Å². The van der Waals surface area contributed by atoms with Crippen molar-refractivity contribution in [2.75, 3.05) is 25.7 Å². The number of carbonyl (C=O) groups is 1. The first-order valence-electron chi connectivity index (χ1n) is 11.4. The molecular weight excluding hydrogens is 448 g/mol. The highest BCUT2D eigenvalue weighted by atomic mass is 32.2. The van der Waals surface area contributed by atoms with Crippen LogP contribution in [0.4, 0.5) is 0 Å². The predicted molar refractivity (Wildman–Crippen MR) is 136 cm³/mol. The number of hydrogen-bond donors (Lipinski definition) is 0. The van der Waals surface area contributed by atoms with E-state index in [0.29, 0.717) is 24.3 Å². The zero-order chi connectivity index (χ0) is 24.7. The summed E-state index contributed by atoms with van der Waals surface area (Å²) in [6.45, 7) is 4.39. The minimum atomic E-state index is -3.00. The van der Waals surface area contributed by atoms with Gasteiger partial charge in [-0.1, -0.05) is 36.4 Å². The fourth-order valence-electron chi connectivity index (χ4n) is 4.14. The van der Waals surface area contributed by atoms with Crippen LogP contribution in [0.2, 0.25) is 0 Å². The van der Waals surface area contributed by atoms with Crippen molar-refractivity contribution >= 4 is 15.8 Å². The van der Waals surface area contributed by atoms with Crippen LogP contribution in [0.5, 0.6) is 5.75 Å². The van der Waals surface area contributed by atoms with Gasteiger partial charge < -0.3 is 9.47 Å². The fourth-order valence-corrected chi connectivity index (χ4v) is 4.78. The van der Waals surface area contributed by atoms with Crippen LogP contribution in [0.3, 0.4) is 0 Å². The lowest BCUT2D eigenvalue weighted by Crippen LogP contribution is -2.08. The van der Waals surface area contributed by atoms with Gasteiger partial charge in [0.05, 0.1) is 25.0 Å². The summed E-state index contributed by atoms with van der Waals surface area (Å²) in [5, 5.41) is 0. The number of methoxy groups -OCH3 is 1. The van der Waals surface area contributed by atoms with E-state index in [0.717, 1.165) is 40.7 Å². The number of hydrogen-bond acceptors (Lipinski definition) is 5. The molecule has 3 rings (SSSR count). The number of benzene rings is 3. The number of ether oxygens (including phenoxy) is 2. The number of rotatable bonds is 10. The van der Waals surface area contributed by atoms with Crippen molar-refractivity contribution in [3.05, 3.63) is 88.5 Å². The van der Waals surface area contributed by atoms with E-state index in [4.69, 9.17) is 9.47 Å². The molecule has 0 N–H and O–H groups in total. The van der Waals surface area contributed by atoms with Gasteiger partial charge in [0.25, 0.3) is 0 Å². The molecule has 3 aromatic rings. The van der Waals surface area contributed by atoms with Gasteiger partial charge in [-0.05, 0) is 90.8 Å². The van der Waals surface area contributed by atoms with E-state index in [9.17, 15) is 13.2 Å². The van der Waals surface area contributed by atoms with Crippen LogP contribution in [-0.2, 0) is 27.4 Å². The Balaban J connectivity index is 1.91. The Morgan fingerprint density at radius 1 is 0.912 bits per heavy atom. The van der Waals surface area contributed by atoms with Crippen molar-refractivity contribution in [1.29, 1.82) is 0 Å². The van der Waals surface area contributed by atoms with Gasteiger partial charge in [-0.3, -0.25) is 0 Å². The van der Waals surface area contributed by atoms with Crippen molar-refractivity contribution in [3.63, 3.8) is 0 Å². The van der Waals surface area contributed by atoms with Crippen molar-refractivity contribution in [2.24, 2.45) is 0 Å². The molecule has 0 spiro atoms. The van der Waals surface area contributed by atoms with Crippen LogP contribution < -0.4 is 4.74 Å². The average Bonchev–Trinajstić information content (AvgIpc) is 2.80. The van der Waals surface area contributed by atoms with Gasteiger partial charge in [0.1, 0.15) is 15.6 Å². The summed E-state index contributed by atoms with van der Waals surface area (Å²) in [6.07, 6.45) is 3.41. The maximum atomic E-state index is 12.2. The van der Waals surface area contributed by atoms with Crippen LogP contribution >= 0.6 is 0 Å². The molecule has 0 aliphatic rings. The van der Waals surface area contributed by atoms with E-state index >= 15 is 0 Å². The van der Waals surface area contributed by atoms with Crippen LogP contribution in [0, 0.1) is 13.8 Å². The normalized spacial score (nSPS) is 11.3. The molecular formula is C28H32O5S. The van der Waals surface area contributed by atoms with Crippen LogP contribution in [0.1, 0.15) is 39.0 Å². The molecule has 0 heterocycles. The molecule has 0 saturated carbocycles. The van der Waals surface area contributed by atoms with Crippen molar-refractivity contribution in [3.8, 4) is 16.9 Å². The Labute approximate surface area is 202 Å². The molecule has 5 nitrogen and oxygen atoms in total. The monoisotopic (exact) mass is 480 g/mol. The average molecular weight is 481 g/mol. The highest BCUT2D eigenvalue weighted by Crippen LogP contribution is 2.35. The Hall–Kier alpha value is -3.12. The van der Waals surface area contributed by atoms with E-state index in [2.05, 4.69) is 12.1 Å². The number of aryl methyl sites for hydroxylation is 4. The summed E-state index contributed by atoms with van der Waals surface area (Å²) in [5.41, 5.74) is 7.07. The predicted octanol–water partition coefficient (Wildman–Crippen LogP) is 5.36. The Bertz CT molecular complexity index is 1220. The lowest BCUT2D eigenvalue weighted by molar-refractivity contribution is 0.0600. The lowest BCUT2D eigenvalue weighted by Gasteiger charge is -2.18. The highest BCUT2D eigenvalue weighted by Gasteiger charge is 2.16. The molecule has 0 aliphatic carbocycles. The van der Waals surface area contributed by atoms with Gasteiger partial charge in [-0.2, -0.15) is 0 Å². The first-order chi connectivity index (χ1) is 16.2. The Kier molecular flexibility index (Phi) is 8.51. The van der Waals surface area contributed by atoms with Crippen molar-refractivity contribution in [2.45, 2.75) is 33.1 Å². The summed E-state index contributed by atoms with van der Waals surface area (Å²) in [7, 11) is -1.61. The number of carbonyl (C=O) groups excluding carboxylic acids is 1. The SMILES string of the molecule is COC(=O)c1ccc(CCc2ccccc2)c(-c2c(C)cc(OCCCS(C)(=O)=O)cc2C)c1. The van der Waals surface area contributed by atoms with E-state index in [-0.39, 0.29) is 11.7 Å². The Morgan fingerprint density at radius 2 is 1.59 bits per heavy atom. The molecule has 0 saturated heterocycles. The standard InChI is InChI=1S/C28H32O5S/c1-20-17-25(33-15-8-16-34(4,30)31)18-21(2)27(20)26-19-24(28(29)32-3)14-13-23(26)12-11-22-9-6-5-7-10-22/h5-7,9-10,13-14,17-19H,8,11-12,15-16H2,1-4H3. The highest BCUT2D eigenvalue weighted by molar-refractivity contribution is 7.90. The first kappa shape index (κ1) is 25.5. The minimum absolute atomic E-state index is 0.105. The van der Waals surface area contributed by atoms with E-state index in [1.165, 1.54) is 18.9 Å². The van der Waals surface area contributed by atoms with Crippen LogP contribution in [0.15, 0.2) is 60.7 Å². The molecule has 180 valence electrons. The number of esters is 1. The summed E-state index contributed by atoms with van der Waals surface area (Å²) in [4.78, 5) is 12.2. The third kappa shape index (κ3) is 6.94. The molecule has 0 aromatic heterocycles. The zero-order valence-corrected chi connectivity index (χ0v) is 21.1. The molecule has 0 radical (unpaired) electrons. The molecule has 0 aliphatic heterocycles. The van der Waals surface area contributed by atoms with Gasteiger partial charge in [-0.25, -0.2) is 13.2 Å². The van der Waals surface area contributed by atoms with Crippen LogP contribution in [0.25, 0.3) is 11.1 Å². The minimum Gasteiger partial charge on any atom is -0.494 e. The molecule has 0 unspecified atom stereocenters. The second kappa shape index (κ2) is 11.3. The molecule has 6 heteroatoms. The van der Waals surface area contributed by atoms with Crippen molar-refractivity contribution in [1.82, 2.24) is 0 Å². The van der Waals surface area contributed by atoms with E-state index < -0.39 is 9.84 Å². The number of sulfone groups is 1. The first-order valence-corrected chi connectivity index (χ1v) is 13.4. The van der Waals surface area contributed by atoms with Gasteiger partial charge >= 0.3 is 5.97 Å². The molecule has 3 aromatic carbocycles. The summed E-state index contributed by atoms with van der Waals surface area (Å²) in [6, 6.07) is 20.0. The third-order valence-corrected chi connectivity index (χ3v) is 6.79.